The Balaban J connectivity index is 1.35. The van der Waals surface area contributed by atoms with E-state index in [2.05, 4.69) is 15.2 Å². The molecular weight excluding hydrogens is 513 g/mol. The first kappa shape index (κ1) is 27.5. The Kier molecular flexibility index (Phi) is 9.54. The van der Waals surface area contributed by atoms with Gasteiger partial charge in [-0.2, -0.15) is 0 Å². The number of amides is 3. The fourth-order valence-corrected chi connectivity index (χ4v) is 6.40. The average molecular weight is 548 g/mol. The van der Waals surface area contributed by atoms with Gasteiger partial charge in [0, 0.05) is 22.9 Å². The first-order valence-corrected chi connectivity index (χ1v) is 15.3. The van der Waals surface area contributed by atoms with Crippen molar-refractivity contribution in [3.8, 4) is 5.75 Å². The number of nitrogens with one attached hydrogen (secondary N) is 2. The highest BCUT2D eigenvalue weighted by molar-refractivity contribution is 7.99. The van der Waals surface area contributed by atoms with Crippen LogP contribution in [-0.4, -0.2) is 40.1 Å². The predicted molar refractivity (Wildman–Crippen MR) is 145 cm³/mol. The van der Waals surface area contributed by atoms with Crippen molar-refractivity contribution in [3.05, 3.63) is 48.5 Å². The summed E-state index contributed by atoms with van der Waals surface area (Å²) in [5.41, 5.74) is 1.28. The molecule has 1 unspecified atom stereocenters. The minimum atomic E-state index is -4.66. The summed E-state index contributed by atoms with van der Waals surface area (Å²) in [6.07, 6.45) is 9.88. The Bertz CT molecular complexity index is 1120. The lowest BCUT2D eigenvalue weighted by molar-refractivity contribution is -0.119. The van der Waals surface area contributed by atoms with Crippen LogP contribution in [-0.2, 0) is 9.36 Å². The van der Waals surface area contributed by atoms with Crippen LogP contribution in [0.5, 0.6) is 5.75 Å². The molecule has 3 amide bonds. The Hall–Kier alpha value is -2.52. The number of hydrogen-bond donors (Lipinski definition) is 4. The third-order valence-electron chi connectivity index (χ3n) is 6.74. The normalized spacial score (nSPS) is 18.6. The van der Waals surface area contributed by atoms with Crippen LogP contribution in [0.25, 0.3) is 0 Å². The number of para-hydroxylation sites is 1. The van der Waals surface area contributed by atoms with E-state index in [0.717, 1.165) is 29.3 Å². The summed E-state index contributed by atoms with van der Waals surface area (Å²) in [5, 5.41) is 5.46. The smallest absolute Gasteiger partial charge is 0.404 e. The summed E-state index contributed by atoms with van der Waals surface area (Å²) in [5.74, 6) is 1.07. The van der Waals surface area contributed by atoms with Gasteiger partial charge in [0.1, 0.15) is 11.8 Å². The van der Waals surface area contributed by atoms with Crippen molar-refractivity contribution in [2.45, 2.75) is 62.3 Å². The molecule has 1 aliphatic heterocycles. The molecule has 200 valence electrons. The lowest BCUT2D eigenvalue weighted by Crippen LogP contribution is -2.50. The van der Waals surface area contributed by atoms with Crippen LogP contribution in [0, 0.1) is 5.92 Å². The number of nitrogens with zero attached hydrogens (tertiary/aromatic N) is 1. The number of unbranched alkanes of at least 4 members (excludes halogenated alkanes) is 1. The highest BCUT2D eigenvalue weighted by atomic mass is 32.2. The molecule has 1 saturated carbocycles. The summed E-state index contributed by atoms with van der Waals surface area (Å²) in [6.45, 7) is 0.615. The molecule has 11 heteroatoms. The highest BCUT2D eigenvalue weighted by Crippen LogP contribution is 2.38. The summed E-state index contributed by atoms with van der Waals surface area (Å²) in [7, 11) is -4.66. The number of rotatable bonds is 9. The molecule has 9 nitrogen and oxygen atoms in total. The number of phosphoric ester groups is 1. The van der Waals surface area contributed by atoms with Crippen LogP contribution in [0.4, 0.5) is 16.2 Å². The zero-order valence-electron chi connectivity index (χ0n) is 20.7. The van der Waals surface area contributed by atoms with Gasteiger partial charge >= 0.3 is 13.9 Å². The summed E-state index contributed by atoms with van der Waals surface area (Å²) < 4.78 is 15.5. The molecule has 0 saturated heterocycles. The fraction of sp³-hybridized carbons (Fsp3) is 0.462. The highest BCUT2D eigenvalue weighted by Gasteiger charge is 2.31. The van der Waals surface area contributed by atoms with Crippen molar-refractivity contribution in [1.82, 2.24) is 5.32 Å². The number of urea groups is 1. The van der Waals surface area contributed by atoms with Crippen LogP contribution in [0.3, 0.4) is 0 Å². The molecule has 0 bridgehead atoms. The molecule has 2 aromatic carbocycles. The zero-order chi connectivity index (χ0) is 26.3. The molecule has 0 radical (unpaired) electrons. The van der Waals surface area contributed by atoms with Gasteiger partial charge in [0.05, 0.1) is 5.69 Å². The number of thioether (sulfide) groups is 1. The van der Waals surface area contributed by atoms with Gasteiger partial charge in [0.25, 0.3) is 5.91 Å². The van der Waals surface area contributed by atoms with Crippen LogP contribution < -0.4 is 20.1 Å². The van der Waals surface area contributed by atoms with Gasteiger partial charge in [-0.15, -0.1) is 11.8 Å². The van der Waals surface area contributed by atoms with Gasteiger partial charge in [-0.1, -0.05) is 57.1 Å². The maximum Gasteiger partial charge on any atom is 0.524 e. The molecule has 1 fully saturated rings. The quantitative estimate of drug-likeness (QED) is 0.240. The molecule has 4 rings (SSSR count). The van der Waals surface area contributed by atoms with Crippen LogP contribution in [0.15, 0.2) is 53.4 Å². The van der Waals surface area contributed by atoms with Gasteiger partial charge in [-0.3, -0.25) is 14.6 Å². The molecule has 1 heterocycles. The van der Waals surface area contributed by atoms with Gasteiger partial charge in [-0.25, -0.2) is 9.36 Å². The van der Waals surface area contributed by atoms with E-state index in [9.17, 15) is 14.2 Å². The first-order valence-electron chi connectivity index (χ1n) is 12.7. The zero-order valence-corrected chi connectivity index (χ0v) is 22.4. The lowest BCUT2D eigenvalue weighted by atomic mass is 9.86. The number of carbonyl (C=O) groups is 2. The van der Waals surface area contributed by atoms with Crippen molar-refractivity contribution < 1.29 is 28.5 Å². The topological polar surface area (TPSA) is 128 Å². The molecule has 4 N–H and O–H groups in total. The third kappa shape index (κ3) is 8.23. The molecule has 0 spiro atoms. The Labute approximate surface area is 221 Å². The van der Waals surface area contributed by atoms with Crippen molar-refractivity contribution in [2.24, 2.45) is 5.92 Å². The number of carbonyl (C=O) groups excluding carboxylic acids is 2. The third-order valence-corrected chi connectivity index (χ3v) is 8.34. The number of phosphoric acid groups is 1. The van der Waals surface area contributed by atoms with Gasteiger partial charge in [-0.05, 0) is 48.7 Å². The second-order valence-corrected chi connectivity index (χ2v) is 11.8. The molecule has 37 heavy (non-hydrogen) atoms. The minimum Gasteiger partial charge on any atom is -0.404 e. The van der Waals surface area contributed by atoms with E-state index >= 15 is 0 Å². The Morgan fingerprint density at radius 2 is 1.78 bits per heavy atom. The van der Waals surface area contributed by atoms with Gasteiger partial charge < -0.3 is 20.1 Å². The maximum absolute atomic E-state index is 13.5. The van der Waals surface area contributed by atoms with Crippen LogP contribution in [0.2, 0.25) is 0 Å². The van der Waals surface area contributed by atoms with E-state index in [-0.39, 0.29) is 11.7 Å². The van der Waals surface area contributed by atoms with E-state index < -0.39 is 19.9 Å². The molecule has 2 aromatic rings. The summed E-state index contributed by atoms with van der Waals surface area (Å²) in [4.78, 5) is 46.9. The SMILES string of the molecule is O=C(Nc1ccc(OP(=O)(O)O)cc1)NC1CSc2ccccc2N(CCCCC2CCCCC2)C1=O. The molecule has 1 atom stereocenters. The van der Waals surface area contributed by atoms with Crippen molar-refractivity contribution >= 4 is 42.9 Å². The van der Waals surface area contributed by atoms with E-state index in [0.29, 0.717) is 18.0 Å². The number of hydrogen-bond acceptors (Lipinski definition) is 5. The first-order chi connectivity index (χ1) is 17.8. The second kappa shape index (κ2) is 12.8. The molecule has 1 aliphatic carbocycles. The van der Waals surface area contributed by atoms with Gasteiger partial charge in [0.2, 0.25) is 0 Å². The summed E-state index contributed by atoms with van der Waals surface area (Å²) >= 11 is 1.55. The van der Waals surface area contributed by atoms with E-state index in [1.165, 1.54) is 62.8 Å². The van der Waals surface area contributed by atoms with Crippen LogP contribution >= 0.6 is 19.6 Å². The average Bonchev–Trinajstić information content (AvgIpc) is 2.99. The standard InChI is InChI=1S/C26H34N3O6PS/c30-25-22(28-26(31)27-20-13-15-21(16-14-20)35-36(32,33)34)18-37-24-12-5-4-11-23(24)29(25)17-7-6-10-19-8-2-1-3-9-19/h4-5,11-16,19,22H,1-3,6-10,17-18H2,(H2,27,28,31)(H2,32,33,34). The summed E-state index contributed by atoms with van der Waals surface area (Å²) in [6, 6.07) is 12.2. The minimum absolute atomic E-state index is 0.0217. The monoisotopic (exact) mass is 547 g/mol. The fourth-order valence-electron chi connectivity index (χ4n) is 4.93. The second-order valence-electron chi connectivity index (χ2n) is 9.53. The molecule has 0 aromatic heterocycles. The van der Waals surface area contributed by atoms with E-state index in [1.807, 2.05) is 29.2 Å². The number of benzene rings is 2. The lowest BCUT2D eigenvalue weighted by Gasteiger charge is -2.26. The number of anilines is 2. The predicted octanol–water partition coefficient (Wildman–Crippen LogP) is 5.54. The number of fused-ring (bicyclic) bond motifs is 1. The van der Waals surface area contributed by atoms with Crippen LogP contribution in [0.1, 0.15) is 51.4 Å². The van der Waals surface area contributed by atoms with E-state index in [1.54, 1.807) is 11.8 Å². The molecule has 2 aliphatic rings. The van der Waals surface area contributed by atoms with E-state index in [4.69, 9.17) is 9.79 Å². The largest absolute Gasteiger partial charge is 0.524 e. The Morgan fingerprint density at radius 3 is 2.51 bits per heavy atom. The van der Waals surface area contributed by atoms with Crippen molar-refractivity contribution in [1.29, 1.82) is 0 Å². The van der Waals surface area contributed by atoms with Crippen molar-refractivity contribution in [3.63, 3.8) is 0 Å². The molecular formula is C26H34N3O6PS. The Morgan fingerprint density at radius 1 is 1.05 bits per heavy atom. The van der Waals surface area contributed by atoms with Gasteiger partial charge in [0.15, 0.2) is 0 Å². The maximum atomic E-state index is 13.5. The van der Waals surface area contributed by atoms with Crippen molar-refractivity contribution in [2.75, 3.05) is 22.5 Å².